The highest BCUT2D eigenvalue weighted by atomic mass is 35.5. The molecule has 21 heavy (non-hydrogen) atoms. The summed E-state index contributed by atoms with van der Waals surface area (Å²) in [5.41, 5.74) is 9.83. The maximum atomic E-state index is 6.31. The van der Waals surface area contributed by atoms with Crippen LogP contribution < -0.4 is 5.73 Å². The number of halogens is 2. The molecule has 0 radical (unpaired) electrons. The van der Waals surface area contributed by atoms with E-state index in [1.165, 1.54) is 11.1 Å². The molecule has 4 heteroatoms. The first-order valence-electron chi connectivity index (χ1n) is 7.15. The summed E-state index contributed by atoms with van der Waals surface area (Å²) in [7, 11) is 0. The second kappa shape index (κ2) is 6.37. The predicted molar refractivity (Wildman–Crippen MR) is 88.8 cm³/mol. The van der Waals surface area contributed by atoms with Crippen molar-refractivity contribution >= 4 is 23.2 Å². The van der Waals surface area contributed by atoms with E-state index >= 15 is 0 Å². The Morgan fingerprint density at radius 2 is 1.90 bits per heavy atom. The zero-order valence-corrected chi connectivity index (χ0v) is 13.2. The van der Waals surface area contributed by atoms with Gasteiger partial charge in [-0.1, -0.05) is 59.6 Å². The van der Waals surface area contributed by atoms with Gasteiger partial charge in [-0.15, -0.1) is 0 Å². The molecule has 0 amide bonds. The van der Waals surface area contributed by atoms with Gasteiger partial charge < -0.3 is 5.73 Å². The first kappa shape index (κ1) is 14.9. The Kier molecular flexibility index (Phi) is 4.51. The minimum Gasteiger partial charge on any atom is -0.329 e. The van der Waals surface area contributed by atoms with Crippen molar-refractivity contribution in [2.45, 2.75) is 19.0 Å². The van der Waals surface area contributed by atoms with Crippen LogP contribution in [0.3, 0.4) is 0 Å². The fraction of sp³-hybridized carbons (Fsp3) is 0.294. The Morgan fingerprint density at radius 3 is 2.71 bits per heavy atom. The zero-order chi connectivity index (χ0) is 14.8. The van der Waals surface area contributed by atoms with E-state index in [-0.39, 0.29) is 6.04 Å². The van der Waals surface area contributed by atoms with Crippen LogP contribution in [0.2, 0.25) is 10.0 Å². The molecule has 0 saturated carbocycles. The van der Waals surface area contributed by atoms with E-state index in [2.05, 4.69) is 29.2 Å². The van der Waals surface area contributed by atoms with Gasteiger partial charge in [0.2, 0.25) is 0 Å². The lowest BCUT2D eigenvalue weighted by Gasteiger charge is -2.37. The third-order valence-electron chi connectivity index (χ3n) is 4.15. The Balaban J connectivity index is 1.88. The lowest BCUT2D eigenvalue weighted by Crippen LogP contribution is -2.38. The van der Waals surface area contributed by atoms with Crippen molar-refractivity contribution in [3.8, 4) is 0 Å². The van der Waals surface area contributed by atoms with E-state index in [9.17, 15) is 0 Å². The van der Waals surface area contributed by atoms with Gasteiger partial charge in [-0.2, -0.15) is 0 Å². The summed E-state index contributed by atoms with van der Waals surface area (Å²) in [5, 5.41) is 1.25. The van der Waals surface area contributed by atoms with E-state index < -0.39 is 0 Å². The lowest BCUT2D eigenvalue weighted by atomic mass is 9.92. The van der Waals surface area contributed by atoms with Crippen LogP contribution in [0, 0.1) is 0 Å². The average molecular weight is 321 g/mol. The molecule has 0 spiro atoms. The second-order valence-corrected chi connectivity index (χ2v) is 6.17. The number of nitrogens with zero attached hydrogens (tertiary/aromatic N) is 1. The molecule has 0 aliphatic carbocycles. The van der Waals surface area contributed by atoms with Gasteiger partial charge in [0.05, 0.1) is 10.0 Å². The number of rotatable bonds is 3. The van der Waals surface area contributed by atoms with Crippen LogP contribution in [0.1, 0.15) is 22.7 Å². The fourth-order valence-corrected chi connectivity index (χ4v) is 3.44. The van der Waals surface area contributed by atoms with Crippen LogP contribution in [0.25, 0.3) is 0 Å². The van der Waals surface area contributed by atoms with Gasteiger partial charge >= 0.3 is 0 Å². The Bertz CT molecular complexity index is 642. The molecule has 0 aromatic heterocycles. The first-order chi connectivity index (χ1) is 10.2. The van der Waals surface area contributed by atoms with Crippen molar-refractivity contribution in [1.29, 1.82) is 0 Å². The van der Waals surface area contributed by atoms with Gasteiger partial charge in [0.15, 0.2) is 0 Å². The van der Waals surface area contributed by atoms with E-state index in [1.807, 2.05) is 18.2 Å². The highest BCUT2D eigenvalue weighted by molar-refractivity contribution is 6.42. The van der Waals surface area contributed by atoms with Crippen LogP contribution in [-0.4, -0.2) is 18.0 Å². The summed E-state index contributed by atoms with van der Waals surface area (Å²) in [4.78, 5) is 2.39. The van der Waals surface area contributed by atoms with E-state index in [0.717, 1.165) is 25.1 Å². The molecule has 2 N–H and O–H groups in total. The van der Waals surface area contributed by atoms with Crippen molar-refractivity contribution in [2.75, 3.05) is 13.1 Å². The lowest BCUT2D eigenvalue weighted by molar-refractivity contribution is 0.181. The molecule has 2 aromatic rings. The molecule has 3 rings (SSSR count). The summed E-state index contributed by atoms with van der Waals surface area (Å²) in [6, 6.07) is 14.6. The molecule has 1 unspecified atom stereocenters. The molecule has 1 aliphatic heterocycles. The van der Waals surface area contributed by atoms with E-state index in [4.69, 9.17) is 28.9 Å². The van der Waals surface area contributed by atoms with Gasteiger partial charge in [-0.3, -0.25) is 4.90 Å². The first-order valence-corrected chi connectivity index (χ1v) is 7.91. The van der Waals surface area contributed by atoms with Crippen molar-refractivity contribution < 1.29 is 0 Å². The molecular weight excluding hydrogens is 303 g/mol. The monoisotopic (exact) mass is 320 g/mol. The predicted octanol–water partition coefficient (Wildman–Crippen LogP) is 4.05. The summed E-state index contributed by atoms with van der Waals surface area (Å²) < 4.78 is 0. The molecule has 1 atom stereocenters. The third-order valence-corrected chi connectivity index (χ3v) is 5.01. The average Bonchev–Trinajstić information content (AvgIpc) is 2.51. The molecule has 0 bridgehead atoms. The molecule has 110 valence electrons. The molecule has 1 aliphatic rings. The molecular formula is C17H18Cl2N2. The maximum Gasteiger partial charge on any atom is 0.0637 e. The zero-order valence-electron chi connectivity index (χ0n) is 11.7. The standard InChI is InChI=1S/C17H18Cl2N2/c18-15-7-3-5-13(17(15)19)11-21-9-8-12-4-1-2-6-14(12)16(21)10-20/h1-7,16H,8-11,20H2. The topological polar surface area (TPSA) is 29.3 Å². The molecule has 0 fully saturated rings. The summed E-state index contributed by atoms with van der Waals surface area (Å²) in [6.07, 6.45) is 1.05. The Labute approximate surface area is 135 Å². The Morgan fingerprint density at radius 1 is 1.10 bits per heavy atom. The van der Waals surface area contributed by atoms with E-state index in [0.29, 0.717) is 16.6 Å². The minimum absolute atomic E-state index is 0.241. The van der Waals surface area contributed by atoms with Crippen LogP contribution in [0.5, 0.6) is 0 Å². The molecule has 2 nitrogen and oxygen atoms in total. The molecule has 1 heterocycles. The van der Waals surface area contributed by atoms with Crippen LogP contribution in [-0.2, 0) is 13.0 Å². The number of hydrogen-bond acceptors (Lipinski definition) is 2. The van der Waals surface area contributed by atoms with Crippen LogP contribution in [0.4, 0.5) is 0 Å². The van der Waals surface area contributed by atoms with Gasteiger partial charge in [-0.05, 0) is 29.2 Å². The maximum absolute atomic E-state index is 6.31. The van der Waals surface area contributed by atoms with Gasteiger partial charge in [0.25, 0.3) is 0 Å². The number of hydrogen-bond donors (Lipinski definition) is 1. The number of benzene rings is 2. The van der Waals surface area contributed by atoms with Crippen molar-refractivity contribution in [1.82, 2.24) is 4.90 Å². The molecule has 2 aromatic carbocycles. The minimum atomic E-state index is 0.241. The smallest absolute Gasteiger partial charge is 0.0637 e. The number of fused-ring (bicyclic) bond motifs is 1. The molecule has 0 saturated heterocycles. The van der Waals surface area contributed by atoms with Crippen molar-refractivity contribution in [3.05, 3.63) is 69.2 Å². The van der Waals surface area contributed by atoms with Gasteiger partial charge in [0, 0.05) is 25.7 Å². The van der Waals surface area contributed by atoms with Gasteiger partial charge in [0.1, 0.15) is 0 Å². The normalized spacial score (nSPS) is 18.5. The third kappa shape index (κ3) is 2.95. The van der Waals surface area contributed by atoms with E-state index in [1.54, 1.807) is 0 Å². The largest absolute Gasteiger partial charge is 0.329 e. The fourth-order valence-electron chi connectivity index (χ4n) is 3.06. The van der Waals surface area contributed by atoms with Crippen LogP contribution in [0.15, 0.2) is 42.5 Å². The number of nitrogens with two attached hydrogens (primary N) is 1. The van der Waals surface area contributed by atoms with Gasteiger partial charge in [-0.25, -0.2) is 0 Å². The SMILES string of the molecule is NCC1c2ccccc2CCN1Cc1cccc(Cl)c1Cl. The second-order valence-electron chi connectivity index (χ2n) is 5.38. The van der Waals surface area contributed by atoms with Crippen molar-refractivity contribution in [3.63, 3.8) is 0 Å². The summed E-state index contributed by atoms with van der Waals surface area (Å²) in [6.45, 7) is 2.37. The van der Waals surface area contributed by atoms with Crippen molar-refractivity contribution in [2.24, 2.45) is 5.73 Å². The summed E-state index contributed by atoms with van der Waals surface area (Å²) >= 11 is 12.4. The quantitative estimate of drug-likeness (QED) is 0.924. The van der Waals surface area contributed by atoms with Crippen LogP contribution >= 0.6 is 23.2 Å². The summed E-state index contributed by atoms with van der Waals surface area (Å²) in [5.74, 6) is 0. The Hall–Kier alpha value is -1.06. The highest BCUT2D eigenvalue weighted by Crippen LogP contribution is 2.32. The highest BCUT2D eigenvalue weighted by Gasteiger charge is 2.26.